The van der Waals surface area contributed by atoms with Gasteiger partial charge in [-0.2, -0.15) is 87.6 Å². The summed E-state index contributed by atoms with van der Waals surface area (Å²) in [6.45, 7) is -2.85. The molecule has 0 aliphatic rings. The fourth-order valence-electron chi connectivity index (χ4n) is 2.28. The van der Waals surface area contributed by atoms with Crippen molar-refractivity contribution in [3.8, 4) is 0 Å². The van der Waals surface area contributed by atoms with Gasteiger partial charge in [-0.05, 0) is 0 Å². The van der Waals surface area contributed by atoms with E-state index in [0.717, 1.165) is 0 Å². The second-order valence-electron chi connectivity index (χ2n) is 7.49. The summed E-state index contributed by atoms with van der Waals surface area (Å²) in [5, 5.41) is -6.42. The Morgan fingerprint density at radius 2 is 0.854 bits per heavy atom. The van der Waals surface area contributed by atoms with Crippen LogP contribution in [0.2, 0.25) is 0 Å². The van der Waals surface area contributed by atoms with Gasteiger partial charge in [-0.1, -0.05) is 0 Å². The third-order valence-corrected chi connectivity index (χ3v) is 8.61. The maximum Gasteiger partial charge on any atom is 0.460 e. The minimum absolute atomic E-state index is 0.605. The predicted octanol–water partition coefficient (Wildman–Crippen LogP) is 3.81. The topological polar surface area (TPSA) is 112 Å². The third-order valence-electron chi connectivity index (χ3n) is 4.82. The molecule has 0 aliphatic carbocycles. The molecule has 246 valence electrons. The molecular formula is C13H10F18N2O6S2. The number of likely N-dealkylation sites (N-methyl/N-ethyl adjacent to an activating group) is 2. The van der Waals surface area contributed by atoms with Crippen LogP contribution in [0.25, 0.3) is 0 Å². The summed E-state index contributed by atoms with van der Waals surface area (Å²) < 4.78 is 278. The SMILES string of the molecule is CN(CC(C(=O)O)N(C)S(=O)(=O)C(F)(F)C(F)(F)C(F)(F)C(F)(F)F)S(=O)(=O)C(F)(F)C(F)(F)C(F)(F)C(F)(F)F. The number of carboxylic acids is 1. The second-order valence-corrected chi connectivity index (χ2v) is 11.6. The van der Waals surface area contributed by atoms with E-state index in [1.165, 1.54) is 0 Å². The molecule has 41 heavy (non-hydrogen) atoms. The van der Waals surface area contributed by atoms with Crippen molar-refractivity contribution >= 4 is 26.0 Å². The summed E-state index contributed by atoms with van der Waals surface area (Å²) in [5.41, 5.74) is 0. The highest BCUT2D eigenvalue weighted by molar-refractivity contribution is 7.90. The number of carboxylic acid groups (broad SMARTS) is 1. The van der Waals surface area contributed by atoms with Crippen molar-refractivity contribution < 1.29 is 106 Å². The normalized spacial score (nSPS) is 16.8. The van der Waals surface area contributed by atoms with E-state index in [2.05, 4.69) is 0 Å². The van der Waals surface area contributed by atoms with Gasteiger partial charge >= 0.3 is 52.5 Å². The first-order valence-electron chi connectivity index (χ1n) is 8.94. The summed E-state index contributed by atoms with van der Waals surface area (Å²) >= 11 is 0. The number of sulfonamides is 2. The van der Waals surface area contributed by atoms with Gasteiger partial charge < -0.3 is 5.11 Å². The molecule has 0 aromatic carbocycles. The number of hydrogen-bond donors (Lipinski definition) is 1. The third kappa shape index (κ3) is 5.58. The lowest BCUT2D eigenvalue weighted by atomic mass is 10.1. The number of rotatable bonds is 12. The van der Waals surface area contributed by atoms with Crippen LogP contribution in [0.15, 0.2) is 0 Å². The Bertz CT molecular complexity index is 1210. The zero-order chi connectivity index (χ0) is 34.0. The van der Waals surface area contributed by atoms with Crippen LogP contribution < -0.4 is 0 Å². The minimum atomic E-state index is -8.01. The van der Waals surface area contributed by atoms with Crippen molar-refractivity contribution in [2.75, 3.05) is 20.6 Å². The predicted molar refractivity (Wildman–Crippen MR) is 91.4 cm³/mol. The monoisotopic (exact) mass is 696 g/mol. The molecule has 8 nitrogen and oxygen atoms in total. The number of halogens is 18. The van der Waals surface area contributed by atoms with Crippen LogP contribution in [0.3, 0.4) is 0 Å². The van der Waals surface area contributed by atoms with Crippen LogP contribution in [0.5, 0.6) is 0 Å². The van der Waals surface area contributed by atoms with Gasteiger partial charge in [-0.25, -0.2) is 16.8 Å². The van der Waals surface area contributed by atoms with E-state index >= 15 is 0 Å². The molecule has 0 heterocycles. The molecule has 0 amide bonds. The lowest BCUT2D eigenvalue weighted by Crippen LogP contribution is -2.67. The number of carbonyl (C=O) groups is 1. The van der Waals surface area contributed by atoms with Crippen molar-refractivity contribution in [2.24, 2.45) is 0 Å². The number of alkyl halides is 18. The molecule has 0 saturated heterocycles. The quantitative estimate of drug-likeness (QED) is 0.311. The molecule has 0 fully saturated rings. The number of nitrogens with zero attached hydrogens (tertiary/aromatic N) is 2. The zero-order valence-electron chi connectivity index (χ0n) is 18.8. The van der Waals surface area contributed by atoms with Gasteiger partial charge in [0.05, 0.1) is 0 Å². The first-order valence-corrected chi connectivity index (χ1v) is 11.8. The summed E-state index contributed by atoms with van der Waals surface area (Å²) in [4.78, 5) is 11.2. The van der Waals surface area contributed by atoms with Gasteiger partial charge in [0.25, 0.3) is 20.0 Å². The van der Waals surface area contributed by atoms with Crippen LogP contribution >= 0.6 is 0 Å². The van der Waals surface area contributed by atoms with Crippen LogP contribution in [0, 0.1) is 0 Å². The molecule has 1 N–H and O–H groups in total. The Morgan fingerprint density at radius 1 is 0.585 bits per heavy atom. The van der Waals surface area contributed by atoms with Gasteiger partial charge in [-0.15, -0.1) is 0 Å². The van der Waals surface area contributed by atoms with E-state index in [9.17, 15) is 101 Å². The first kappa shape index (κ1) is 39.0. The number of hydrogen-bond acceptors (Lipinski definition) is 5. The fourth-order valence-corrected chi connectivity index (χ4v) is 4.77. The molecule has 0 spiro atoms. The van der Waals surface area contributed by atoms with Gasteiger partial charge in [0.2, 0.25) is 0 Å². The molecule has 0 bridgehead atoms. The molecule has 0 aromatic rings. The largest absolute Gasteiger partial charge is 0.480 e. The Morgan fingerprint density at radius 3 is 1.10 bits per heavy atom. The van der Waals surface area contributed by atoms with E-state index < -0.39 is 108 Å². The first-order chi connectivity index (χ1) is 17.4. The number of aliphatic carboxylic acids is 1. The average molecular weight is 696 g/mol. The van der Waals surface area contributed by atoms with Crippen LogP contribution in [0.1, 0.15) is 0 Å². The lowest BCUT2D eigenvalue weighted by molar-refractivity contribution is -0.382. The van der Waals surface area contributed by atoms with Crippen molar-refractivity contribution in [3.05, 3.63) is 0 Å². The van der Waals surface area contributed by atoms with Crippen molar-refractivity contribution in [1.29, 1.82) is 0 Å². The summed E-state index contributed by atoms with van der Waals surface area (Å²) in [6.07, 6.45) is -15.2. The van der Waals surface area contributed by atoms with Gasteiger partial charge in [0.15, 0.2) is 0 Å². The summed E-state index contributed by atoms with van der Waals surface area (Å²) in [5.74, 6) is -34.9. The van der Waals surface area contributed by atoms with Gasteiger partial charge in [-0.3, -0.25) is 4.79 Å². The average Bonchev–Trinajstić information content (AvgIpc) is 2.73. The molecule has 0 saturated carbocycles. The van der Waals surface area contributed by atoms with Crippen LogP contribution in [-0.2, 0) is 24.8 Å². The molecule has 1 atom stereocenters. The van der Waals surface area contributed by atoms with E-state index in [4.69, 9.17) is 5.11 Å². The summed E-state index contributed by atoms with van der Waals surface area (Å²) in [6, 6.07) is -3.95. The van der Waals surface area contributed by atoms with Crippen molar-refractivity contribution in [2.45, 2.75) is 52.6 Å². The molecule has 28 heteroatoms. The Kier molecular flexibility index (Phi) is 9.84. The molecule has 0 aromatic heterocycles. The van der Waals surface area contributed by atoms with E-state index in [-0.39, 0.29) is 0 Å². The van der Waals surface area contributed by atoms with Gasteiger partial charge in [0, 0.05) is 20.6 Å². The van der Waals surface area contributed by atoms with E-state index in [1.807, 2.05) is 0 Å². The molecule has 0 aliphatic heterocycles. The fraction of sp³-hybridized carbons (Fsp3) is 0.923. The second kappa shape index (κ2) is 10.3. The van der Waals surface area contributed by atoms with Crippen LogP contribution in [0.4, 0.5) is 79.0 Å². The van der Waals surface area contributed by atoms with Crippen molar-refractivity contribution in [3.63, 3.8) is 0 Å². The van der Waals surface area contributed by atoms with Crippen LogP contribution in [-0.4, -0.2) is 110 Å². The van der Waals surface area contributed by atoms with Gasteiger partial charge in [0.1, 0.15) is 6.04 Å². The maximum atomic E-state index is 13.9. The Balaban J connectivity index is 6.82. The highest BCUT2D eigenvalue weighted by Crippen LogP contribution is 2.56. The minimum Gasteiger partial charge on any atom is -0.480 e. The lowest BCUT2D eigenvalue weighted by Gasteiger charge is -2.37. The highest BCUT2D eigenvalue weighted by Gasteiger charge is 2.87. The van der Waals surface area contributed by atoms with Crippen molar-refractivity contribution in [1.82, 2.24) is 8.61 Å². The molecule has 0 rings (SSSR count). The molecule has 0 radical (unpaired) electrons. The smallest absolute Gasteiger partial charge is 0.460 e. The highest BCUT2D eigenvalue weighted by atomic mass is 32.2. The Hall–Kier alpha value is -1.97. The van der Waals surface area contributed by atoms with E-state index in [1.54, 1.807) is 0 Å². The molecular weight excluding hydrogens is 686 g/mol. The summed E-state index contributed by atoms with van der Waals surface area (Å²) in [7, 11) is -17.0. The Labute approximate surface area is 214 Å². The maximum absolute atomic E-state index is 13.9. The van der Waals surface area contributed by atoms with E-state index in [0.29, 0.717) is 0 Å². The standard InChI is InChI=1S/C13H10F18N2O6S2/c1-32(40(36,37)12(28,29)8(18,19)6(14,15)10(22,23)24)3-4(5(34)35)33(2)41(38,39)13(30,31)9(20,21)7(16,17)11(25,26)27/h4H,3H2,1-2H3,(H,34,35). The zero-order valence-corrected chi connectivity index (χ0v) is 20.4. The molecule has 1 unspecified atom stereocenters.